The Bertz CT molecular complexity index is 710. The van der Waals surface area contributed by atoms with Crippen LogP contribution in [0.5, 0.6) is 0 Å². The summed E-state index contributed by atoms with van der Waals surface area (Å²) in [5, 5.41) is 7.27. The summed E-state index contributed by atoms with van der Waals surface area (Å²) in [6, 6.07) is 6.03. The largest absolute Gasteiger partial charge is 0.306 e. The summed E-state index contributed by atoms with van der Waals surface area (Å²) in [6.45, 7) is 2.06. The van der Waals surface area contributed by atoms with Crippen LogP contribution in [0.2, 0.25) is 5.02 Å². The van der Waals surface area contributed by atoms with E-state index in [1.807, 2.05) is 10.9 Å². The first-order valence-corrected chi connectivity index (χ1v) is 7.91. The number of hydrogen-bond donors (Lipinski definition) is 1. The van der Waals surface area contributed by atoms with Gasteiger partial charge >= 0.3 is 0 Å². The van der Waals surface area contributed by atoms with Gasteiger partial charge in [-0.25, -0.2) is 4.39 Å². The van der Waals surface area contributed by atoms with E-state index in [9.17, 15) is 9.18 Å². The molecule has 3 rings (SSSR count). The van der Waals surface area contributed by atoms with Crippen molar-refractivity contribution in [3.63, 3.8) is 0 Å². The van der Waals surface area contributed by atoms with Crippen LogP contribution in [0.1, 0.15) is 29.2 Å². The molecule has 1 aromatic carbocycles. The average Bonchev–Trinajstić information content (AvgIpc) is 2.96. The normalized spacial score (nSPS) is 16.5. The number of halogens is 2. The first kappa shape index (κ1) is 16.0. The van der Waals surface area contributed by atoms with Crippen molar-refractivity contribution in [2.75, 3.05) is 25.5 Å². The van der Waals surface area contributed by atoms with E-state index >= 15 is 0 Å². The van der Waals surface area contributed by atoms with Gasteiger partial charge < -0.3 is 10.2 Å². The van der Waals surface area contributed by atoms with Crippen molar-refractivity contribution in [3.05, 3.63) is 46.9 Å². The highest BCUT2D eigenvalue weighted by Crippen LogP contribution is 2.22. The number of hydrogen-bond acceptors (Lipinski definition) is 3. The summed E-state index contributed by atoms with van der Waals surface area (Å²) in [6.07, 6.45) is 3.90. The van der Waals surface area contributed by atoms with Gasteiger partial charge in [-0.05, 0) is 51.2 Å². The molecule has 0 bridgehead atoms. The van der Waals surface area contributed by atoms with Crippen LogP contribution in [0.4, 0.5) is 10.2 Å². The quantitative estimate of drug-likeness (QED) is 0.936. The second-order valence-electron chi connectivity index (χ2n) is 5.79. The van der Waals surface area contributed by atoms with Crippen molar-refractivity contribution < 1.29 is 9.18 Å². The van der Waals surface area contributed by atoms with Gasteiger partial charge in [-0.3, -0.25) is 9.48 Å². The van der Waals surface area contributed by atoms with Gasteiger partial charge in [0.2, 0.25) is 0 Å². The maximum Gasteiger partial charge on any atom is 0.259 e. The van der Waals surface area contributed by atoms with E-state index in [2.05, 4.69) is 22.4 Å². The number of amides is 1. The van der Waals surface area contributed by atoms with Gasteiger partial charge in [-0.1, -0.05) is 11.6 Å². The number of nitrogens with zero attached hydrogens (tertiary/aromatic N) is 3. The molecule has 0 spiro atoms. The van der Waals surface area contributed by atoms with Gasteiger partial charge in [0.1, 0.15) is 5.82 Å². The molecule has 122 valence electrons. The zero-order valence-electron chi connectivity index (χ0n) is 12.8. The van der Waals surface area contributed by atoms with Crippen molar-refractivity contribution in [2.45, 2.75) is 18.9 Å². The van der Waals surface area contributed by atoms with E-state index in [4.69, 9.17) is 11.6 Å². The third-order valence-electron chi connectivity index (χ3n) is 4.09. The molecule has 0 aliphatic carbocycles. The van der Waals surface area contributed by atoms with Crippen molar-refractivity contribution in [1.82, 2.24) is 14.7 Å². The van der Waals surface area contributed by atoms with Crippen molar-refractivity contribution in [2.24, 2.45) is 0 Å². The molecule has 7 heteroatoms. The van der Waals surface area contributed by atoms with Gasteiger partial charge in [-0.2, -0.15) is 5.10 Å². The van der Waals surface area contributed by atoms with E-state index in [0.29, 0.717) is 11.9 Å². The molecule has 1 aromatic heterocycles. The molecule has 1 aliphatic rings. The van der Waals surface area contributed by atoms with Gasteiger partial charge in [-0.15, -0.1) is 0 Å². The van der Waals surface area contributed by atoms with Crippen LogP contribution in [-0.4, -0.2) is 40.7 Å². The topological polar surface area (TPSA) is 50.2 Å². The first-order chi connectivity index (χ1) is 11.0. The first-order valence-electron chi connectivity index (χ1n) is 7.53. The predicted octanol–water partition coefficient (Wildman–Crippen LogP) is 3.19. The fourth-order valence-electron chi connectivity index (χ4n) is 2.72. The summed E-state index contributed by atoms with van der Waals surface area (Å²) in [5.74, 6) is -0.763. The Balaban J connectivity index is 1.68. The highest BCUT2D eigenvalue weighted by Gasteiger charge is 2.19. The molecule has 1 fully saturated rings. The van der Waals surface area contributed by atoms with Crippen molar-refractivity contribution >= 4 is 23.3 Å². The van der Waals surface area contributed by atoms with Crippen molar-refractivity contribution in [3.8, 4) is 0 Å². The zero-order valence-corrected chi connectivity index (χ0v) is 13.6. The van der Waals surface area contributed by atoms with E-state index in [1.54, 1.807) is 6.07 Å². The zero-order chi connectivity index (χ0) is 16.4. The molecule has 0 radical (unpaired) electrons. The molecule has 5 nitrogen and oxygen atoms in total. The number of nitrogens with one attached hydrogen (secondary N) is 1. The molecule has 2 aromatic rings. The number of aromatic nitrogens is 2. The second-order valence-corrected chi connectivity index (χ2v) is 6.23. The maximum atomic E-state index is 13.8. The number of rotatable bonds is 3. The third-order valence-corrected chi connectivity index (χ3v) is 4.32. The summed E-state index contributed by atoms with van der Waals surface area (Å²) < 4.78 is 15.6. The van der Waals surface area contributed by atoms with Crippen LogP contribution in [0, 0.1) is 5.82 Å². The molecular weight excluding hydrogens is 319 g/mol. The molecule has 23 heavy (non-hydrogen) atoms. The van der Waals surface area contributed by atoms with Crippen LogP contribution >= 0.6 is 11.6 Å². The van der Waals surface area contributed by atoms with Crippen LogP contribution in [0.25, 0.3) is 0 Å². The molecule has 2 heterocycles. The molecule has 1 N–H and O–H groups in total. The van der Waals surface area contributed by atoms with E-state index < -0.39 is 11.7 Å². The maximum absolute atomic E-state index is 13.8. The van der Waals surface area contributed by atoms with Gasteiger partial charge in [0.25, 0.3) is 5.91 Å². The highest BCUT2D eigenvalue weighted by molar-refractivity contribution is 6.30. The minimum absolute atomic E-state index is 0.0526. The molecule has 0 saturated carbocycles. The SMILES string of the molecule is CN1CCC(n2ccc(NC(=O)c3ccc(Cl)cc3F)n2)CC1. The van der Waals surface area contributed by atoms with E-state index in [-0.39, 0.29) is 10.6 Å². The van der Waals surface area contributed by atoms with Gasteiger partial charge in [0.05, 0.1) is 11.6 Å². The van der Waals surface area contributed by atoms with E-state index in [1.165, 1.54) is 12.1 Å². The van der Waals surface area contributed by atoms with Crippen LogP contribution < -0.4 is 5.32 Å². The number of benzene rings is 1. The number of likely N-dealkylation sites (tertiary alicyclic amines) is 1. The second kappa shape index (κ2) is 6.68. The lowest BCUT2D eigenvalue weighted by molar-refractivity contribution is 0.102. The van der Waals surface area contributed by atoms with Gasteiger partial charge in [0.15, 0.2) is 5.82 Å². The summed E-state index contributed by atoms with van der Waals surface area (Å²) >= 11 is 5.69. The molecule has 0 atom stereocenters. The van der Waals surface area contributed by atoms with Crippen LogP contribution in [0.3, 0.4) is 0 Å². The summed E-state index contributed by atoms with van der Waals surface area (Å²) in [4.78, 5) is 14.4. The Kier molecular flexibility index (Phi) is 4.63. The number of carbonyl (C=O) groups is 1. The third kappa shape index (κ3) is 3.71. The number of piperidine rings is 1. The lowest BCUT2D eigenvalue weighted by Gasteiger charge is -2.28. The molecular formula is C16H18ClFN4O. The Hall–Kier alpha value is -1.92. The Morgan fingerprint density at radius 1 is 1.35 bits per heavy atom. The molecule has 1 saturated heterocycles. The minimum atomic E-state index is -0.648. The number of anilines is 1. The fraction of sp³-hybridized carbons (Fsp3) is 0.375. The summed E-state index contributed by atoms with van der Waals surface area (Å²) in [5.41, 5.74) is -0.0526. The van der Waals surface area contributed by atoms with Gasteiger partial charge in [0, 0.05) is 17.3 Å². The highest BCUT2D eigenvalue weighted by atomic mass is 35.5. The average molecular weight is 337 g/mol. The Morgan fingerprint density at radius 2 is 2.09 bits per heavy atom. The molecule has 0 unspecified atom stereocenters. The molecule has 1 amide bonds. The molecule has 1 aliphatic heterocycles. The predicted molar refractivity (Wildman–Crippen MR) is 87.4 cm³/mol. The summed E-state index contributed by atoms with van der Waals surface area (Å²) in [7, 11) is 2.10. The van der Waals surface area contributed by atoms with Crippen molar-refractivity contribution in [1.29, 1.82) is 0 Å². The Labute approximate surface area is 139 Å². The monoisotopic (exact) mass is 336 g/mol. The fourth-order valence-corrected chi connectivity index (χ4v) is 2.88. The van der Waals surface area contributed by atoms with E-state index in [0.717, 1.165) is 32.0 Å². The lowest BCUT2D eigenvalue weighted by Crippen LogP contribution is -2.31. The Morgan fingerprint density at radius 3 is 2.78 bits per heavy atom. The smallest absolute Gasteiger partial charge is 0.259 e. The standard InChI is InChI=1S/C16H18ClFN4O/c1-21-7-4-12(5-8-21)22-9-6-15(20-22)19-16(23)13-3-2-11(17)10-14(13)18/h2-3,6,9-10,12H,4-5,7-8H2,1H3,(H,19,20,23). The van der Waals surface area contributed by atoms with Crippen LogP contribution in [0.15, 0.2) is 30.5 Å². The minimum Gasteiger partial charge on any atom is -0.306 e. The van der Waals surface area contributed by atoms with Crippen LogP contribution in [-0.2, 0) is 0 Å². The lowest BCUT2D eigenvalue weighted by atomic mass is 10.1. The number of carbonyl (C=O) groups excluding carboxylic acids is 1.